The quantitative estimate of drug-likeness (QED) is 0.855. The molecule has 120 valence electrons. The van der Waals surface area contributed by atoms with Crippen molar-refractivity contribution in [2.24, 2.45) is 0 Å². The molecule has 0 unspecified atom stereocenters. The highest BCUT2D eigenvalue weighted by Crippen LogP contribution is 2.16. The third-order valence-corrected chi connectivity index (χ3v) is 4.62. The van der Waals surface area contributed by atoms with Crippen LogP contribution < -0.4 is 10.2 Å². The zero-order chi connectivity index (χ0) is 16.1. The highest BCUT2D eigenvalue weighted by Gasteiger charge is 2.15. The van der Waals surface area contributed by atoms with Crippen LogP contribution in [0, 0.1) is 0 Å². The second kappa shape index (κ2) is 7.46. The zero-order valence-corrected chi connectivity index (χ0v) is 14.0. The van der Waals surface area contributed by atoms with Crippen molar-refractivity contribution in [2.75, 3.05) is 24.2 Å². The first-order chi connectivity index (χ1) is 11.3. The summed E-state index contributed by atoms with van der Waals surface area (Å²) in [4.78, 5) is 24.4. The molecule has 0 atom stereocenters. The van der Waals surface area contributed by atoms with Gasteiger partial charge in [0.25, 0.3) is 5.91 Å². The van der Waals surface area contributed by atoms with Crippen molar-refractivity contribution in [1.29, 1.82) is 0 Å². The molecule has 1 fully saturated rings. The number of benzene rings is 1. The first-order valence-corrected chi connectivity index (χ1v) is 8.98. The molecule has 23 heavy (non-hydrogen) atoms. The van der Waals surface area contributed by atoms with E-state index >= 15 is 0 Å². The van der Waals surface area contributed by atoms with Crippen LogP contribution in [0.1, 0.15) is 28.9 Å². The number of aromatic nitrogens is 2. The molecule has 1 amide bonds. The monoisotopic (exact) mass is 328 g/mol. The fourth-order valence-electron chi connectivity index (χ4n) is 2.57. The molecule has 5 nitrogen and oxygen atoms in total. The van der Waals surface area contributed by atoms with E-state index in [9.17, 15) is 4.79 Å². The lowest BCUT2D eigenvalue weighted by molar-refractivity contribution is 0.0950. The summed E-state index contributed by atoms with van der Waals surface area (Å²) in [5, 5.41) is 2.92. The van der Waals surface area contributed by atoms with Crippen LogP contribution in [0.2, 0.25) is 0 Å². The van der Waals surface area contributed by atoms with Gasteiger partial charge in [0, 0.05) is 29.7 Å². The molecule has 0 bridgehead atoms. The number of nitrogens with zero attached hydrogens (tertiary/aromatic N) is 3. The van der Waals surface area contributed by atoms with Gasteiger partial charge < -0.3 is 10.2 Å². The topological polar surface area (TPSA) is 58.1 Å². The maximum atomic E-state index is 12.2. The molecule has 1 aliphatic heterocycles. The minimum Gasteiger partial charge on any atom is -0.346 e. The predicted octanol–water partition coefficient (Wildman–Crippen LogP) is 2.73. The van der Waals surface area contributed by atoms with E-state index in [0.717, 1.165) is 29.6 Å². The third-order valence-electron chi connectivity index (χ3n) is 3.87. The minimum atomic E-state index is -0.0843. The number of thioether (sulfide) groups is 1. The highest BCUT2D eigenvalue weighted by atomic mass is 32.2. The van der Waals surface area contributed by atoms with Crippen molar-refractivity contribution in [3.63, 3.8) is 0 Å². The third kappa shape index (κ3) is 4.01. The van der Waals surface area contributed by atoms with E-state index in [1.54, 1.807) is 18.0 Å². The molecular weight excluding hydrogens is 308 g/mol. The van der Waals surface area contributed by atoms with Crippen LogP contribution >= 0.6 is 11.8 Å². The molecule has 1 saturated heterocycles. The average Bonchev–Trinajstić information content (AvgIpc) is 3.15. The molecule has 2 aromatic rings. The molecule has 3 rings (SSSR count). The van der Waals surface area contributed by atoms with Crippen LogP contribution in [0.5, 0.6) is 0 Å². The van der Waals surface area contributed by atoms with Crippen molar-refractivity contribution in [3.05, 3.63) is 47.8 Å². The Morgan fingerprint density at radius 3 is 2.65 bits per heavy atom. The molecule has 0 radical (unpaired) electrons. The Labute approximate surface area is 140 Å². The van der Waals surface area contributed by atoms with Crippen LogP contribution in [0.3, 0.4) is 0 Å². The lowest BCUT2D eigenvalue weighted by atomic mass is 10.2. The van der Waals surface area contributed by atoms with Gasteiger partial charge in [-0.3, -0.25) is 4.79 Å². The summed E-state index contributed by atoms with van der Waals surface area (Å²) in [6.45, 7) is 2.43. The minimum absolute atomic E-state index is 0.0843. The van der Waals surface area contributed by atoms with Gasteiger partial charge in [0.1, 0.15) is 0 Å². The van der Waals surface area contributed by atoms with Gasteiger partial charge in [0.05, 0.1) is 12.2 Å². The van der Waals surface area contributed by atoms with E-state index in [0.29, 0.717) is 12.1 Å². The molecule has 1 aliphatic rings. The Balaban J connectivity index is 1.60. The van der Waals surface area contributed by atoms with Crippen molar-refractivity contribution in [2.45, 2.75) is 24.3 Å². The van der Waals surface area contributed by atoms with E-state index in [-0.39, 0.29) is 5.91 Å². The number of amides is 1. The molecule has 1 aromatic heterocycles. The summed E-state index contributed by atoms with van der Waals surface area (Å²) >= 11 is 1.66. The molecule has 2 heterocycles. The Hall–Kier alpha value is -2.08. The summed E-state index contributed by atoms with van der Waals surface area (Å²) < 4.78 is 0. The zero-order valence-electron chi connectivity index (χ0n) is 13.2. The summed E-state index contributed by atoms with van der Waals surface area (Å²) in [7, 11) is 0. The highest BCUT2D eigenvalue weighted by molar-refractivity contribution is 7.98. The van der Waals surface area contributed by atoms with Crippen LogP contribution in [-0.4, -0.2) is 35.2 Å². The Morgan fingerprint density at radius 2 is 1.96 bits per heavy atom. The second-order valence-electron chi connectivity index (χ2n) is 5.45. The molecular formula is C17H20N4OS. The molecule has 1 N–H and O–H groups in total. The molecule has 0 spiro atoms. The van der Waals surface area contributed by atoms with E-state index in [1.165, 1.54) is 12.8 Å². The van der Waals surface area contributed by atoms with Crippen LogP contribution in [0.25, 0.3) is 0 Å². The Bertz CT molecular complexity index is 669. The van der Waals surface area contributed by atoms with Gasteiger partial charge >= 0.3 is 0 Å². The summed E-state index contributed by atoms with van der Waals surface area (Å²) in [6.07, 6.45) is 6.16. The van der Waals surface area contributed by atoms with Gasteiger partial charge in [-0.1, -0.05) is 0 Å². The van der Waals surface area contributed by atoms with Crippen molar-refractivity contribution < 1.29 is 4.79 Å². The maximum absolute atomic E-state index is 12.2. The Morgan fingerprint density at radius 1 is 1.22 bits per heavy atom. The molecule has 0 saturated carbocycles. The van der Waals surface area contributed by atoms with E-state index < -0.39 is 0 Å². The van der Waals surface area contributed by atoms with Crippen LogP contribution in [-0.2, 0) is 6.54 Å². The normalized spacial score (nSPS) is 14.0. The smallest absolute Gasteiger partial charge is 0.251 e. The number of rotatable bonds is 5. The predicted molar refractivity (Wildman–Crippen MR) is 92.9 cm³/mol. The van der Waals surface area contributed by atoms with E-state index in [4.69, 9.17) is 0 Å². The number of carbonyl (C=O) groups is 1. The summed E-state index contributed by atoms with van der Waals surface area (Å²) in [6, 6.07) is 9.44. The fourth-order valence-corrected chi connectivity index (χ4v) is 2.98. The average molecular weight is 328 g/mol. The van der Waals surface area contributed by atoms with Crippen LogP contribution in [0.15, 0.2) is 41.4 Å². The van der Waals surface area contributed by atoms with Crippen molar-refractivity contribution in [3.8, 4) is 0 Å². The standard InChI is InChI=1S/C17H20N4OS/c1-23-15-6-4-13(5-7-15)16(22)19-12-14-8-9-18-17(20-14)21-10-2-3-11-21/h4-9H,2-3,10-12H2,1H3,(H,19,22). The molecule has 1 aromatic carbocycles. The number of nitrogens with one attached hydrogen (secondary N) is 1. The number of carbonyl (C=O) groups excluding carboxylic acids is 1. The van der Waals surface area contributed by atoms with E-state index in [1.807, 2.05) is 36.6 Å². The van der Waals surface area contributed by atoms with Gasteiger partial charge in [-0.05, 0) is 49.4 Å². The van der Waals surface area contributed by atoms with E-state index in [2.05, 4.69) is 20.2 Å². The first kappa shape index (κ1) is 15.8. The van der Waals surface area contributed by atoms with Gasteiger partial charge in [0.2, 0.25) is 5.95 Å². The Kier molecular flexibility index (Phi) is 5.12. The van der Waals surface area contributed by atoms with Crippen LogP contribution in [0.4, 0.5) is 5.95 Å². The maximum Gasteiger partial charge on any atom is 0.251 e. The summed E-state index contributed by atoms with van der Waals surface area (Å²) in [5.41, 5.74) is 1.49. The number of hydrogen-bond acceptors (Lipinski definition) is 5. The first-order valence-electron chi connectivity index (χ1n) is 7.75. The van der Waals surface area contributed by atoms with Crippen molar-refractivity contribution >= 4 is 23.6 Å². The van der Waals surface area contributed by atoms with Gasteiger partial charge in [-0.25, -0.2) is 9.97 Å². The summed E-state index contributed by atoms with van der Waals surface area (Å²) in [5.74, 6) is 0.678. The number of anilines is 1. The molecule has 0 aliphatic carbocycles. The van der Waals surface area contributed by atoms with Gasteiger partial charge in [0.15, 0.2) is 0 Å². The largest absolute Gasteiger partial charge is 0.346 e. The lowest BCUT2D eigenvalue weighted by Gasteiger charge is -2.15. The molecule has 6 heteroatoms. The lowest BCUT2D eigenvalue weighted by Crippen LogP contribution is -2.25. The second-order valence-corrected chi connectivity index (χ2v) is 6.33. The fraction of sp³-hybridized carbons (Fsp3) is 0.353. The van der Waals surface area contributed by atoms with Gasteiger partial charge in [-0.2, -0.15) is 0 Å². The van der Waals surface area contributed by atoms with Crippen molar-refractivity contribution in [1.82, 2.24) is 15.3 Å². The number of hydrogen-bond donors (Lipinski definition) is 1. The van der Waals surface area contributed by atoms with Gasteiger partial charge in [-0.15, -0.1) is 11.8 Å². The SMILES string of the molecule is CSc1ccc(C(=O)NCc2ccnc(N3CCCC3)n2)cc1.